The monoisotopic (exact) mass is 287 g/mol. The van der Waals surface area contributed by atoms with E-state index in [0.29, 0.717) is 6.04 Å². The highest BCUT2D eigenvalue weighted by molar-refractivity contribution is 5.27. The molecule has 3 rings (SSSR count). The minimum absolute atomic E-state index is 0.617. The number of nitrogens with one attached hydrogen (secondary N) is 1. The summed E-state index contributed by atoms with van der Waals surface area (Å²) in [6.07, 6.45) is 8.38. The van der Waals surface area contributed by atoms with Crippen molar-refractivity contribution in [3.63, 3.8) is 0 Å². The van der Waals surface area contributed by atoms with Crippen LogP contribution in [0.3, 0.4) is 0 Å². The fourth-order valence-electron chi connectivity index (χ4n) is 4.26. The van der Waals surface area contributed by atoms with Gasteiger partial charge in [-0.05, 0) is 81.0 Å². The molecule has 2 bridgehead atoms. The molecule has 1 N–H and O–H groups in total. The van der Waals surface area contributed by atoms with Crippen LogP contribution >= 0.6 is 0 Å². The van der Waals surface area contributed by atoms with Crippen molar-refractivity contribution in [1.82, 2.24) is 5.32 Å². The SMILES string of the molecule is COc1ccc(CCC(C)NCC2CC3CCC2C3)cc1. The Morgan fingerprint density at radius 2 is 2.00 bits per heavy atom. The van der Waals surface area contributed by atoms with Crippen LogP contribution in [-0.4, -0.2) is 19.7 Å². The molecule has 0 radical (unpaired) electrons. The molecule has 1 aromatic rings. The second kappa shape index (κ2) is 6.83. The van der Waals surface area contributed by atoms with Gasteiger partial charge in [-0.2, -0.15) is 0 Å². The Morgan fingerprint density at radius 3 is 2.62 bits per heavy atom. The lowest BCUT2D eigenvalue weighted by Crippen LogP contribution is -2.33. The van der Waals surface area contributed by atoms with E-state index in [-0.39, 0.29) is 0 Å². The number of hydrogen-bond donors (Lipinski definition) is 1. The number of fused-ring (bicyclic) bond motifs is 2. The fraction of sp³-hybridized carbons (Fsp3) is 0.684. The van der Waals surface area contributed by atoms with Gasteiger partial charge in [0.2, 0.25) is 0 Å². The van der Waals surface area contributed by atoms with Crippen LogP contribution in [0.25, 0.3) is 0 Å². The summed E-state index contributed by atoms with van der Waals surface area (Å²) < 4.78 is 5.20. The van der Waals surface area contributed by atoms with Gasteiger partial charge in [-0.3, -0.25) is 0 Å². The molecule has 21 heavy (non-hydrogen) atoms. The van der Waals surface area contributed by atoms with E-state index in [1.165, 1.54) is 44.2 Å². The molecular formula is C19H29NO. The van der Waals surface area contributed by atoms with Crippen molar-refractivity contribution < 1.29 is 4.74 Å². The van der Waals surface area contributed by atoms with E-state index in [1.54, 1.807) is 7.11 Å². The standard InChI is InChI=1S/C19H29NO/c1-14(3-4-15-6-9-19(21-2)10-7-15)20-13-18-12-16-5-8-17(18)11-16/h6-7,9-10,14,16-18,20H,3-5,8,11-13H2,1-2H3. The van der Waals surface area contributed by atoms with E-state index >= 15 is 0 Å². The van der Waals surface area contributed by atoms with Crippen LogP contribution in [0.4, 0.5) is 0 Å². The van der Waals surface area contributed by atoms with Crippen molar-refractivity contribution >= 4 is 0 Å². The lowest BCUT2D eigenvalue weighted by Gasteiger charge is -2.24. The van der Waals surface area contributed by atoms with Crippen LogP contribution < -0.4 is 10.1 Å². The van der Waals surface area contributed by atoms with Crippen molar-refractivity contribution in [3.8, 4) is 5.75 Å². The maximum Gasteiger partial charge on any atom is 0.118 e. The summed E-state index contributed by atoms with van der Waals surface area (Å²) >= 11 is 0. The molecule has 2 fully saturated rings. The van der Waals surface area contributed by atoms with Crippen LogP contribution in [0.15, 0.2) is 24.3 Å². The molecule has 0 spiro atoms. The largest absolute Gasteiger partial charge is 0.497 e. The topological polar surface area (TPSA) is 21.3 Å². The molecule has 2 aliphatic rings. The van der Waals surface area contributed by atoms with Crippen molar-refractivity contribution in [3.05, 3.63) is 29.8 Å². The van der Waals surface area contributed by atoms with E-state index in [2.05, 4.69) is 36.5 Å². The predicted molar refractivity (Wildman–Crippen MR) is 87.7 cm³/mol. The van der Waals surface area contributed by atoms with Gasteiger partial charge in [-0.1, -0.05) is 18.6 Å². The lowest BCUT2D eigenvalue weighted by molar-refractivity contribution is 0.306. The van der Waals surface area contributed by atoms with Crippen molar-refractivity contribution in [1.29, 1.82) is 0 Å². The van der Waals surface area contributed by atoms with E-state index in [4.69, 9.17) is 4.74 Å². The first kappa shape index (κ1) is 14.9. The number of rotatable bonds is 7. The molecular weight excluding hydrogens is 258 g/mol. The number of methoxy groups -OCH3 is 1. The first-order chi connectivity index (χ1) is 10.2. The molecule has 2 aliphatic carbocycles. The number of hydrogen-bond acceptors (Lipinski definition) is 2. The minimum atomic E-state index is 0.617. The summed E-state index contributed by atoms with van der Waals surface area (Å²) in [5, 5.41) is 3.78. The molecule has 4 atom stereocenters. The summed E-state index contributed by atoms with van der Waals surface area (Å²) in [7, 11) is 1.72. The lowest BCUT2D eigenvalue weighted by atomic mass is 9.88. The highest BCUT2D eigenvalue weighted by Crippen LogP contribution is 2.47. The van der Waals surface area contributed by atoms with E-state index in [9.17, 15) is 0 Å². The molecule has 2 heteroatoms. The summed E-state index contributed by atoms with van der Waals surface area (Å²) in [6, 6.07) is 9.10. The average molecular weight is 287 g/mol. The van der Waals surface area contributed by atoms with Gasteiger partial charge in [-0.15, -0.1) is 0 Å². The Morgan fingerprint density at radius 1 is 1.19 bits per heavy atom. The van der Waals surface area contributed by atoms with Gasteiger partial charge in [0.1, 0.15) is 5.75 Å². The zero-order valence-corrected chi connectivity index (χ0v) is 13.5. The van der Waals surface area contributed by atoms with E-state index in [0.717, 1.165) is 29.9 Å². The Kier molecular flexibility index (Phi) is 4.84. The van der Waals surface area contributed by atoms with Gasteiger partial charge in [0, 0.05) is 6.04 Å². The van der Waals surface area contributed by atoms with Crippen LogP contribution in [0.5, 0.6) is 5.75 Å². The number of benzene rings is 1. The zero-order valence-electron chi connectivity index (χ0n) is 13.5. The van der Waals surface area contributed by atoms with Crippen LogP contribution in [0, 0.1) is 17.8 Å². The summed E-state index contributed by atoms with van der Waals surface area (Å²) in [5.41, 5.74) is 1.41. The normalized spacial score (nSPS) is 28.8. The molecule has 0 heterocycles. The molecule has 0 aliphatic heterocycles. The molecule has 2 saturated carbocycles. The Labute approximate surface area is 129 Å². The minimum Gasteiger partial charge on any atom is -0.497 e. The van der Waals surface area contributed by atoms with Gasteiger partial charge in [0.25, 0.3) is 0 Å². The highest BCUT2D eigenvalue weighted by atomic mass is 16.5. The second-order valence-corrected chi connectivity index (χ2v) is 7.13. The Bertz CT molecular complexity index is 441. The van der Waals surface area contributed by atoms with Gasteiger partial charge >= 0.3 is 0 Å². The summed E-state index contributed by atoms with van der Waals surface area (Å²) in [5.74, 6) is 4.01. The molecule has 0 amide bonds. The average Bonchev–Trinajstić information content (AvgIpc) is 3.14. The van der Waals surface area contributed by atoms with E-state index < -0.39 is 0 Å². The molecule has 1 aromatic carbocycles. The maximum atomic E-state index is 5.20. The van der Waals surface area contributed by atoms with Gasteiger partial charge in [0.15, 0.2) is 0 Å². The predicted octanol–water partition coefficient (Wildman–Crippen LogP) is 4.04. The Hall–Kier alpha value is -1.02. The molecule has 4 unspecified atom stereocenters. The van der Waals surface area contributed by atoms with Crippen molar-refractivity contribution in [2.75, 3.05) is 13.7 Å². The third kappa shape index (κ3) is 3.79. The third-order valence-corrected chi connectivity index (χ3v) is 5.64. The van der Waals surface area contributed by atoms with Crippen molar-refractivity contribution in [2.24, 2.45) is 17.8 Å². The highest BCUT2D eigenvalue weighted by Gasteiger charge is 2.38. The van der Waals surface area contributed by atoms with Crippen LogP contribution in [0.2, 0.25) is 0 Å². The van der Waals surface area contributed by atoms with E-state index in [1.807, 2.05) is 0 Å². The number of ether oxygens (including phenoxy) is 1. The second-order valence-electron chi connectivity index (χ2n) is 7.13. The third-order valence-electron chi connectivity index (χ3n) is 5.64. The first-order valence-electron chi connectivity index (χ1n) is 8.61. The molecule has 2 nitrogen and oxygen atoms in total. The van der Waals surface area contributed by atoms with Gasteiger partial charge in [0.05, 0.1) is 7.11 Å². The number of aryl methyl sites for hydroxylation is 1. The molecule has 0 aromatic heterocycles. The van der Waals surface area contributed by atoms with Gasteiger partial charge < -0.3 is 10.1 Å². The first-order valence-corrected chi connectivity index (χ1v) is 8.61. The fourth-order valence-corrected chi connectivity index (χ4v) is 4.26. The summed E-state index contributed by atoms with van der Waals surface area (Å²) in [4.78, 5) is 0. The maximum absolute atomic E-state index is 5.20. The molecule has 0 saturated heterocycles. The quantitative estimate of drug-likeness (QED) is 0.817. The van der Waals surface area contributed by atoms with Crippen LogP contribution in [-0.2, 0) is 6.42 Å². The van der Waals surface area contributed by atoms with Crippen LogP contribution in [0.1, 0.15) is 44.6 Å². The molecule has 116 valence electrons. The zero-order chi connectivity index (χ0) is 14.7. The van der Waals surface area contributed by atoms with Gasteiger partial charge in [-0.25, -0.2) is 0 Å². The Balaban J connectivity index is 1.37. The summed E-state index contributed by atoms with van der Waals surface area (Å²) in [6.45, 7) is 3.57. The van der Waals surface area contributed by atoms with Crippen molar-refractivity contribution in [2.45, 2.75) is 51.5 Å². The smallest absolute Gasteiger partial charge is 0.118 e.